The van der Waals surface area contributed by atoms with Crippen LogP contribution in [0.3, 0.4) is 0 Å². The van der Waals surface area contributed by atoms with Gasteiger partial charge in [0, 0.05) is 19.3 Å². The number of imidazole rings is 1. The molecule has 2 aliphatic heterocycles. The van der Waals surface area contributed by atoms with E-state index in [0.717, 1.165) is 29.1 Å². The molecular formula is C21H22F3N5O2. The van der Waals surface area contributed by atoms with Crippen molar-refractivity contribution >= 4 is 10.9 Å². The molecule has 5 rings (SSSR count). The number of fused-ring (bicyclic) bond motifs is 2. The summed E-state index contributed by atoms with van der Waals surface area (Å²) in [4.78, 5) is 24.2. The van der Waals surface area contributed by atoms with Gasteiger partial charge in [-0.25, -0.2) is 9.97 Å². The molecule has 0 radical (unpaired) electrons. The monoisotopic (exact) mass is 433 g/mol. The Morgan fingerprint density at radius 2 is 2.00 bits per heavy atom. The Kier molecular flexibility index (Phi) is 5.05. The predicted molar refractivity (Wildman–Crippen MR) is 106 cm³/mol. The number of para-hydroxylation sites is 1. The molecule has 0 saturated carbocycles. The van der Waals surface area contributed by atoms with Crippen LogP contribution in [0.2, 0.25) is 0 Å². The van der Waals surface area contributed by atoms with Crippen molar-refractivity contribution in [2.75, 3.05) is 13.2 Å². The fraction of sp³-hybridized carbons (Fsp3) is 0.476. The number of benzene rings is 1. The van der Waals surface area contributed by atoms with Crippen molar-refractivity contribution in [3.05, 3.63) is 58.2 Å². The minimum atomic E-state index is -4.52. The van der Waals surface area contributed by atoms with E-state index in [2.05, 4.69) is 19.4 Å². The molecule has 1 aromatic carbocycles. The zero-order valence-electron chi connectivity index (χ0n) is 16.8. The molecule has 3 aromatic rings. The first kappa shape index (κ1) is 20.2. The Hall–Kier alpha value is -2.72. The highest BCUT2D eigenvalue weighted by Crippen LogP contribution is 2.33. The Bertz CT molecular complexity index is 1150. The summed E-state index contributed by atoms with van der Waals surface area (Å²) < 4.78 is 48.3. The molecule has 4 heterocycles. The van der Waals surface area contributed by atoms with Crippen molar-refractivity contribution in [2.45, 2.75) is 51.3 Å². The van der Waals surface area contributed by atoms with Crippen molar-refractivity contribution < 1.29 is 17.9 Å². The van der Waals surface area contributed by atoms with Gasteiger partial charge in [0.05, 0.1) is 29.2 Å². The SMILES string of the molecule is O=c1c2ccccc2nc(C2CCCN2Cc2cn3c(n2)COCC3)n1CC(F)(F)F. The lowest BCUT2D eigenvalue weighted by Crippen LogP contribution is -2.35. The van der Waals surface area contributed by atoms with Gasteiger partial charge in [-0.05, 0) is 31.5 Å². The van der Waals surface area contributed by atoms with E-state index in [1.54, 1.807) is 18.2 Å². The number of likely N-dealkylation sites (tertiary alicyclic amines) is 1. The lowest BCUT2D eigenvalue weighted by Gasteiger charge is -2.26. The zero-order valence-corrected chi connectivity index (χ0v) is 16.8. The summed E-state index contributed by atoms with van der Waals surface area (Å²) in [7, 11) is 0. The molecule has 164 valence electrons. The topological polar surface area (TPSA) is 65.2 Å². The molecule has 1 fully saturated rings. The Morgan fingerprint density at radius 1 is 1.16 bits per heavy atom. The van der Waals surface area contributed by atoms with E-state index in [4.69, 9.17) is 4.74 Å². The first-order valence-corrected chi connectivity index (χ1v) is 10.3. The molecule has 0 amide bonds. The number of halogens is 3. The number of hydrogen-bond donors (Lipinski definition) is 0. The van der Waals surface area contributed by atoms with Gasteiger partial charge < -0.3 is 9.30 Å². The van der Waals surface area contributed by atoms with Gasteiger partial charge in [0.2, 0.25) is 0 Å². The molecule has 0 aliphatic carbocycles. The second-order valence-electron chi connectivity index (χ2n) is 8.02. The van der Waals surface area contributed by atoms with Gasteiger partial charge in [0.25, 0.3) is 5.56 Å². The highest BCUT2D eigenvalue weighted by Gasteiger charge is 2.35. The zero-order chi connectivity index (χ0) is 21.6. The Morgan fingerprint density at radius 3 is 2.81 bits per heavy atom. The summed E-state index contributed by atoms with van der Waals surface area (Å²) in [6, 6.07) is 6.17. The molecule has 0 N–H and O–H groups in total. The van der Waals surface area contributed by atoms with Crippen LogP contribution in [0.4, 0.5) is 13.2 Å². The van der Waals surface area contributed by atoms with Crippen LogP contribution in [-0.4, -0.2) is 43.3 Å². The fourth-order valence-corrected chi connectivity index (χ4v) is 4.51. The average molecular weight is 433 g/mol. The van der Waals surface area contributed by atoms with Gasteiger partial charge in [-0.15, -0.1) is 0 Å². The molecule has 10 heteroatoms. The predicted octanol–water partition coefficient (Wildman–Crippen LogP) is 3.02. The highest BCUT2D eigenvalue weighted by atomic mass is 19.4. The molecule has 31 heavy (non-hydrogen) atoms. The number of ether oxygens (including phenoxy) is 1. The second kappa shape index (κ2) is 7.76. The lowest BCUT2D eigenvalue weighted by atomic mass is 10.1. The molecule has 0 spiro atoms. The van der Waals surface area contributed by atoms with Crippen LogP contribution in [0.15, 0.2) is 35.3 Å². The Labute approximate surface area is 176 Å². The largest absolute Gasteiger partial charge is 0.406 e. The molecular weight excluding hydrogens is 411 g/mol. The molecule has 2 aromatic heterocycles. The maximum Gasteiger partial charge on any atom is 0.406 e. The van der Waals surface area contributed by atoms with Gasteiger partial charge in [-0.1, -0.05) is 12.1 Å². The summed E-state index contributed by atoms with van der Waals surface area (Å²) in [5, 5.41) is 0.196. The van der Waals surface area contributed by atoms with Gasteiger partial charge in [-0.2, -0.15) is 13.2 Å². The highest BCUT2D eigenvalue weighted by molar-refractivity contribution is 5.77. The lowest BCUT2D eigenvalue weighted by molar-refractivity contribution is -0.142. The van der Waals surface area contributed by atoms with E-state index in [1.165, 1.54) is 6.07 Å². The number of nitrogens with zero attached hydrogens (tertiary/aromatic N) is 5. The van der Waals surface area contributed by atoms with E-state index in [1.807, 2.05) is 6.20 Å². The summed E-state index contributed by atoms with van der Waals surface area (Å²) in [5.41, 5.74) is 0.611. The summed E-state index contributed by atoms with van der Waals surface area (Å²) >= 11 is 0. The molecule has 1 saturated heterocycles. The van der Waals surface area contributed by atoms with Crippen molar-refractivity contribution in [3.8, 4) is 0 Å². The van der Waals surface area contributed by atoms with Crippen LogP contribution in [-0.2, 0) is 31.0 Å². The molecule has 1 atom stereocenters. The van der Waals surface area contributed by atoms with Crippen LogP contribution >= 0.6 is 0 Å². The summed E-state index contributed by atoms with van der Waals surface area (Å²) in [6.07, 6.45) is -1.09. The van der Waals surface area contributed by atoms with Crippen LogP contribution in [0.5, 0.6) is 0 Å². The number of alkyl halides is 3. The Balaban J connectivity index is 1.53. The molecule has 7 nitrogen and oxygen atoms in total. The van der Waals surface area contributed by atoms with Crippen LogP contribution in [0.1, 0.15) is 36.2 Å². The van der Waals surface area contributed by atoms with Crippen LogP contribution in [0.25, 0.3) is 10.9 Å². The van der Waals surface area contributed by atoms with Gasteiger partial charge in [0.15, 0.2) is 0 Å². The third-order valence-electron chi connectivity index (χ3n) is 5.87. The molecule has 0 bridgehead atoms. The van der Waals surface area contributed by atoms with Gasteiger partial charge >= 0.3 is 6.18 Å². The summed E-state index contributed by atoms with van der Waals surface area (Å²) in [6.45, 7) is 1.68. The first-order chi connectivity index (χ1) is 14.9. The standard InChI is InChI=1S/C21H22F3N5O2/c22-21(23,24)13-29-19(26-16-5-2-1-4-15(16)20(29)30)17-6-3-7-27(17)10-14-11-28-8-9-31-12-18(28)25-14/h1-2,4-5,11,17H,3,6-10,12-13H2. The van der Waals surface area contributed by atoms with E-state index >= 15 is 0 Å². The second-order valence-corrected chi connectivity index (χ2v) is 8.02. The van der Waals surface area contributed by atoms with E-state index in [9.17, 15) is 18.0 Å². The van der Waals surface area contributed by atoms with Crippen molar-refractivity contribution in [1.29, 1.82) is 0 Å². The third kappa shape index (κ3) is 3.97. The average Bonchev–Trinajstić information content (AvgIpc) is 3.35. The summed E-state index contributed by atoms with van der Waals surface area (Å²) in [5.74, 6) is 1.03. The smallest absolute Gasteiger partial charge is 0.372 e. The first-order valence-electron chi connectivity index (χ1n) is 10.3. The maximum absolute atomic E-state index is 13.3. The third-order valence-corrected chi connectivity index (χ3v) is 5.87. The van der Waals surface area contributed by atoms with Gasteiger partial charge in [-0.3, -0.25) is 14.3 Å². The number of aromatic nitrogens is 4. The van der Waals surface area contributed by atoms with Crippen LogP contribution in [0, 0.1) is 0 Å². The van der Waals surface area contributed by atoms with E-state index < -0.39 is 18.3 Å². The van der Waals surface area contributed by atoms with Crippen LogP contribution < -0.4 is 5.56 Å². The molecule has 2 aliphatic rings. The van der Waals surface area contributed by atoms with Gasteiger partial charge in [0.1, 0.15) is 24.8 Å². The quantitative estimate of drug-likeness (QED) is 0.633. The van der Waals surface area contributed by atoms with E-state index in [-0.39, 0.29) is 17.3 Å². The number of hydrogen-bond acceptors (Lipinski definition) is 5. The van der Waals surface area contributed by atoms with Crippen molar-refractivity contribution in [2.24, 2.45) is 0 Å². The van der Waals surface area contributed by atoms with Crippen molar-refractivity contribution in [3.63, 3.8) is 0 Å². The van der Waals surface area contributed by atoms with E-state index in [0.29, 0.717) is 38.2 Å². The minimum absolute atomic E-state index is 0.172. The fourth-order valence-electron chi connectivity index (χ4n) is 4.51. The maximum atomic E-state index is 13.3. The number of rotatable bonds is 4. The molecule has 1 unspecified atom stereocenters. The van der Waals surface area contributed by atoms with Crippen molar-refractivity contribution in [1.82, 2.24) is 24.0 Å². The minimum Gasteiger partial charge on any atom is -0.372 e. The normalized spacial score (nSPS) is 19.8.